The van der Waals surface area contributed by atoms with Gasteiger partial charge in [-0.15, -0.1) is 0 Å². The third-order valence-corrected chi connectivity index (χ3v) is 4.08. The second-order valence-electron chi connectivity index (χ2n) is 5.69. The molecule has 0 aromatic heterocycles. The number of anilines is 1. The summed E-state index contributed by atoms with van der Waals surface area (Å²) in [4.78, 5) is 0. The van der Waals surface area contributed by atoms with Crippen molar-refractivity contribution in [1.82, 2.24) is 0 Å². The smallest absolute Gasteiger partial charge is 0.0992 e. The minimum atomic E-state index is 0.578. The first-order chi connectivity index (χ1) is 8.69. The Hall–Kier alpha value is -1.49. The van der Waals surface area contributed by atoms with Gasteiger partial charge in [0.25, 0.3) is 0 Å². The monoisotopic (exact) mass is 242 g/mol. The summed E-state index contributed by atoms with van der Waals surface area (Å²) in [7, 11) is 0. The maximum Gasteiger partial charge on any atom is 0.0992 e. The lowest BCUT2D eigenvalue weighted by molar-refractivity contribution is 0.267. The van der Waals surface area contributed by atoms with Crippen molar-refractivity contribution >= 4 is 5.69 Å². The molecule has 1 aliphatic rings. The van der Waals surface area contributed by atoms with E-state index in [0.717, 1.165) is 23.1 Å². The van der Waals surface area contributed by atoms with Crippen molar-refractivity contribution in [2.45, 2.75) is 45.6 Å². The second-order valence-corrected chi connectivity index (χ2v) is 5.69. The number of nitrogens with one attached hydrogen (secondary N) is 1. The highest BCUT2D eigenvalue weighted by Gasteiger charge is 2.22. The van der Waals surface area contributed by atoms with Crippen LogP contribution in [0.15, 0.2) is 24.3 Å². The van der Waals surface area contributed by atoms with Crippen LogP contribution in [-0.4, -0.2) is 6.04 Å². The number of hydrogen-bond acceptors (Lipinski definition) is 2. The standard InChI is InChI=1S/C16H22N2/c1-12(2)14-6-8-15(9-7-14)18-16-5-3-4-13(10-16)11-17/h3-5,10,12,14-15,18H,6-9H2,1-2H3. The summed E-state index contributed by atoms with van der Waals surface area (Å²) < 4.78 is 0. The molecule has 1 aromatic rings. The molecule has 0 amide bonds. The molecule has 18 heavy (non-hydrogen) atoms. The first-order valence-electron chi connectivity index (χ1n) is 6.95. The Morgan fingerprint density at radius 3 is 2.56 bits per heavy atom. The zero-order chi connectivity index (χ0) is 13.0. The van der Waals surface area contributed by atoms with E-state index in [1.807, 2.05) is 18.2 Å². The van der Waals surface area contributed by atoms with Gasteiger partial charge in [0, 0.05) is 11.7 Å². The zero-order valence-corrected chi connectivity index (χ0v) is 11.3. The Labute approximate surface area is 110 Å². The predicted molar refractivity (Wildman–Crippen MR) is 75.4 cm³/mol. The van der Waals surface area contributed by atoms with Gasteiger partial charge >= 0.3 is 0 Å². The average molecular weight is 242 g/mol. The predicted octanol–water partition coefficient (Wildman–Crippen LogP) is 4.18. The fraction of sp³-hybridized carbons (Fsp3) is 0.562. The molecule has 96 valence electrons. The van der Waals surface area contributed by atoms with Gasteiger partial charge < -0.3 is 5.32 Å². The van der Waals surface area contributed by atoms with Gasteiger partial charge in [0.05, 0.1) is 11.6 Å². The Morgan fingerprint density at radius 2 is 1.94 bits per heavy atom. The average Bonchev–Trinajstić information content (AvgIpc) is 2.39. The zero-order valence-electron chi connectivity index (χ0n) is 11.3. The molecule has 0 saturated heterocycles. The maximum absolute atomic E-state index is 8.89. The van der Waals surface area contributed by atoms with E-state index >= 15 is 0 Å². The van der Waals surface area contributed by atoms with Crippen molar-refractivity contribution in [3.63, 3.8) is 0 Å². The van der Waals surface area contributed by atoms with Gasteiger partial charge in [0.15, 0.2) is 0 Å². The Morgan fingerprint density at radius 1 is 1.22 bits per heavy atom. The van der Waals surface area contributed by atoms with E-state index < -0.39 is 0 Å². The van der Waals surface area contributed by atoms with Gasteiger partial charge in [0.1, 0.15) is 0 Å². The third-order valence-electron chi connectivity index (χ3n) is 4.08. The van der Waals surface area contributed by atoms with Gasteiger partial charge in [0.2, 0.25) is 0 Å². The van der Waals surface area contributed by atoms with E-state index in [-0.39, 0.29) is 0 Å². The molecular weight excluding hydrogens is 220 g/mol. The summed E-state index contributed by atoms with van der Waals surface area (Å²) in [5.41, 5.74) is 1.82. The highest BCUT2D eigenvalue weighted by Crippen LogP contribution is 2.31. The maximum atomic E-state index is 8.89. The van der Waals surface area contributed by atoms with Gasteiger partial charge in [-0.1, -0.05) is 19.9 Å². The molecule has 1 fully saturated rings. The summed E-state index contributed by atoms with van der Waals surface area (Å²) in [5.74, 6) is 1.71. The van der Waals surface area contributed by atoms with Crippen LogP contribution in [0.25, 0.3) is 0 Å². The minimum absolute atomic E-state index is 0.578. The molecule has 1 N–H and O–H groups in total. The van der Waals surface area contributed by atoms with E-state index in [2.05, 4.69) is 31.3 Å². The van der Waals surface area contributed by atoms with Gasteiger partial charge in [-0.2, -0.15) is 5.26 Å². The lowest BCUT2D eigenvalue weighted by Gasteiger charge is -2.31. The van der Waals surface area contributed by atoms with Crippen molar-refractivity contribution in [3.05, 3.63) is 29.8 Å². The molecule has 2 nitrogen and oxygen atoms in total. The number of benzene rings is 1. The molecular formula is C16H22N2. The highest BCUT2D eigenvalue weighted by atomic mass is 14.9. The number of rotatable bonds is 3. The first-order valence-corrected chi connectivity index (χ1v) is 6.95. The summed E-state index contributed by atoms with van der Waals surface area (Å²) >= 11 is 0. The van der Waals surface area contributed by atoms with Crippen molar-refractivity contribution < 1.29 is 0 Å². The summed E-state index contributed by atoms with van der Waals surface area (Å²) in [6.45, 7) is 4.66. The van der Waals surface area contributed by atoms with E-state index in [0.29, 0.717) is 6.04 Å². The van der Waals surface area contributed by atoms with Gasteiger partial charge in [-0.05, 0) is 55.7 Å². The number of nitriles is 1. The van der Waals surface area contributed by atoms with Crippen LogP contribution in [-0.2, 0) is 0 Å². The SMILES string of the molecule is CC(C)C1CCC(Nc2cccc(C#N)c2)CC1. The van der Waals surface area contributed by atoms with E-state index in [1.54, 1.807) is 0 Å². The molecule has 0 bridgehead atoms. The highest BCUT2D eigenvalue weighted by molar-refractivity contribution is 5.49. The number of nitrogens with zero attached hydrogens (tertiary/aromatic N) is 1. The van der Waals surface area contributed by atoms with Crippen LogP contribution in [0, 0.1) is 23.2 Å². The number of hydrogen-bond donors (Lipinski definition) is 1. The van der Waals surface area contributed by atoms with Crippen molar-refractivity contribution in [3.8, 4) is 6.07 Å². The first kappa shape index (κ1) is 13.0. The van der Waals surface area contributed by atoms with Crippen molar-refractivity contribution in [2.75, 3.05) is 5.32 Å². The van der Waals surface area contributed by atoms with Crippen LogP contribution in [0.1, 0.15) is 45.1 Å². The Bertz CT molecular complexity index is 423. The van der Waals surface area contributed by atoms with Crippen LogP contribution >= 0.6 is 0 Å². The van der Waals surface area contributed by atoms with Crippen molar-refractivity contribution in [1.29, 1.82) is 5.26 Å². The lowest BCUT2D eigenvalue weighted by atomic mass is 9.79. The molecule has 0 atom stereocenters. The molecule has 0 heterocycles. The Balaban J connectivity index is 1.90. The molecule has 1 aliphatic carbocycles. The van der Waals surface area contributed by atoms with E-state index in [9.17, 15) is 0 Å². The molecule has 1 aromatic carbocycles. The fourth-order valence-corrected chi connectivity index (χ4v) is 2.84. The quantitative estimate of drug-likeness (QED) is 0.862. The lowest BCUT2D eigenvalue weighted by Crippen LogP contribution is -2.27. The van der Waals surface area contributed by atoms with Gasteiger partial charge in [-0.25, -0.2) is 0 Å². The summed E-state index contributed by atoms with van der Waals surface area (Å²) in [6, 6.07) is 10.5. The van der Waals surface area contributed by atoms with Crippen LogP contribution < -0.4 is 5.32 Å². The van der Waals surface area contributed by atoms with Crippen molar-refractivity contribution in [2.24, 2.45) is 11.8 Å². The second kappa shape index (κ2) is 5.91. The Kier molecular flexibility index (Phi) is 4.25. The summed E-state index contributed by atoms with van der Waals surface area (Å²) in [5, 5.41) is 12.4. The third kappa shape index (κ3) is 3.26. The van der Waals surface area contributed by atoms with Crippen LogP contribution in [0.2, 0.25) is 0 Å². The van der Waals surface area contributed by atoms with Crippen LogP contribution in [0.3, 0.4) is 0 Å². The molecule has 0 radical (unpaired) electrons. The minimum Gasteiger partial charge on any atom is -0.382 e. The molecule has 1 saturated carbocycles. The fourth-order valence-electron chi connectivity index (χ4n) is 2.84. The van der Waals surface area contributed by atoms with Crippen LogP contribution in [0.4, 0.5) is 5.69 Å². The van der Waals surface area contributed by atoms with E-state index in [4.69, 9.17) is 5.26 Å². The summed E-state index contributed by atoms with van der Waals surface area (Å²) in [6.07, 6.45) is 5.15. The molecule has 2 heteroatoms. The normalized spacial score (nSPS) is 23.7. The van der Waals surface area contributed by atoms with Gasteiger partial charge in [-0.3, -0.25) is 0 Å². The molecule has 0 unspecified atom stereocenters. The van der Waals surface area contributed by atoms with Crippen LogP contribution in [0.5, 0.6) is 0 Å². The molecule has 0 spiro atoms. The molecule has 0 aliphatic heterocycles. The van der Waals surface area contributed by atoms with E-state index in [1.165, 1.54) is 25.7 Å². The topological polar surface area (TPSA) is 35.8 Å². The molecule has 2 rings (SSSR count). The largest absolute Gasteiger partial charge is 0.382 e.